The lowest BCUT2D eigenvalue weighted by Gasteiger charge is -2.14. The minimum Gasteiger partial charge on any atom is -0.508 e. The lowest BCUT2D eigenvalue weighted by atomic mass is 9.96. The van der Waals surface area contributed by atoms with E-state index in [4.69, 9.17) is 11.5 Å². The van der Waals surface area contributed by atoms with Crippen molar-refractivity contribution in [1.82, 2.24) is 0 Å². The van der Waals surface area contributed by atoms with Gasteiger partial charge in [-0.1, -0.05) is 12.1 Å². The minimum atomic E-state index is -0.555. The summed E-state index contributed by atoms with van der Waals surface area (Å²) >= 11 is 0. The van der Waals surface area contributed by atoms with Gasteiger partial charge in [-0.15, -0.1) is 0 Å². The number of nitrogens with zero attached hydrogens (tertiary/aromatic N) is 3. The van der Waals surface area contributed by atoms with Crippen LogP contribution in [-0.2, 0) is 4.79 Å². The van der Waals surface area contributed by atoms with Gasteiger partial charge in [-0.3, -0.25) is 4.79 Å². The molecule has 20 heavy (non-hydrogen) atoms. The molecule has 7 nitrogen and oxygen atoms in total. The Hall–Kier alpha value is -2.80. The Labute approximate surface area is 114 Å². The van der Waals surface area contributed by atoms with E-state index in [1.165, 1.54) is 18.3 Å². The number of aromatic hydroxyl groups is 1. The topological polar surface area (TPSA) is 126 Å². The van der Waals surface area contributed by atoms with Gasteiger partial charge >= 0.3 is 0 Å². The zero-order valence-electron chi connectivity index (χ0n) is 10.3. The molecule has 1 amide bonds. The van der Waals surface area contributed by atoms with E-state index in [2.05, 4.69) is 15.0 Å². The molecule has 1 atom stereocenters. The Bertz CT molecular complexity index is 713. The van der Waals surface area contributed by atoms with Crippen molar-refractivity contribution < 1.29 is 9.90 Å². The van der Waals surface area contributed by atoms with Crippen LogP contribution in [0.15, 0.2) is 50.4 Å². The van der Waals surface area contributed by atoms with Crippen molar-refractivity contribution in [3.05, 3.63) is 41.0 Å². The lowest BCUT2D eigenvalue weighted by Crippen LogP contribution is -2.24. The van der Waals surface area contributed by atoms with Crippen molar-refractivity contribution in [3.63, 3.8) is 0 Å². The predicted octanol–water partition coefficient (Wildman–Crippen LogP) is 0.0264. The summed E-state index contributed by atoms with van der Waals surface area (Å²) in [6.07, 6.45) is 1.50. The molecule has 7 heteroatoms. The highest BCUT2D eigenvalue weighted by molar-refractivity contribution is 6.34. The van der Waals surface area contributed by atoms with Crippen molar-refractivity contribution in [1.29, 1.82) is 0 Å². The number of guanidine groups is 1. The summed E-state index contributed by atoms with van der Waals surface area (Å²) in [6.45, 7) is 0. The molecule has 0 spiro atoms. The molecular weight excluding hydrogens is 258 g/mol. The third-order valence-electron chi connectivity index (χ3n) is 3.08. The van der Waals surface area contributed by atoms with Crippen LogP contribution < -0.4 is 11.5 Å². The van der Waals surface area contributed by atoms with Crippen LogP contribution in [0.1, 0.15) is 11.6 Å². The van der Waals surface area contributed by atoms with Crippen LogP contribution in [0.2, 0.25) is 0 Å². The van der Waals surface area contributed by atoms with E-state index in [0.717, 1.165) is 5.56 Å². The number of fused-ring (bicyclic) bond motifs is 1. The summed E-state index contributed by atoms with van der Waals surface area (Å²) in [5.41, 5.74) is 13.1. The van der Waals surface area contributed by atoms with E-state index in [9.17, 15) is 9.90 Å². The normalized spacial score (nSPS) is 18.8. The van der Waals surface area contributed by atoms with Gasteiger partial charge in [0.05, 0.1) is 11.6 Å². The van der Waals surface area contributed by atoms with Crippen LogP contribution >= 0.6 is 0 Å². The molecule has 2 aliphatic heterocycles. The molecule has 1 aromatic rings. The monoisotopic (exact) mass is 269 g/mol. The van der Waals surface area contributed by atoms with Crippen LogP contribution in [0.5, 0.6) is 5.75 Å². The summed E-state index contributed by atoms with van der Waals surface area (Å²) < 4.78 is 0. The molecule has 1 aromatic carbocycles. The van der Waals surface area contributed by atoms with Gasteiger partial charge in [0.15, 0.2) is 5.84 Å². The number of benzene rings is 1. The average molecular weight is 269 g/mol. The van der Waals surface area contributed by atoms with Crippen LogP contribution in [0.3, 0.4) is 0 Å². The second kappa shape index (κ2) is 4.39. The highest BCUT2D eigenvalue weighted by atomic mass is 16.3. The number of aliphatic imine (C=N–C) groups is 3. The molecule has 3 rings (SSSR count). The zero-order chi connectivity index (χ0) is 14.3. The first kappa shape index (κ1) is 12.2. The van der Waals surface area contributed by atoms with Crippen LogP contribution in [0.4, 0.5) is 0 Å². The van der Waals surface area contributed by atoms with E-state index >= 15 is 0 Å². The van der Waals surface area contributed by atoms with Gasteiger partial charge in [0, 0.05) is 11.8 Å². The standard InChI is InChI=1S/C13H11N5O2/c14-10(6-1-3-7(19)4-2-6)8-5-16-11-9(8)12(20)18-13(15)17-11/h1-5,10,19H,14H2,(H2,15,18,20). The van der Waals surface area contributed by atoms with E-state index in [1.807, 2.05) is 0 Å². The molecule has 0 bridgehead atoms. The van der Waals surface area contributed by atoms with Gasteiger partial charge in [0.1, 0.15) is 5.75 Å². The summed E-state index contributed by atoms with van der Waals surface area (Å²) in [4.78, 5) is 23.5. The summed E-state index contributed by atoms with van der Waals surface area (Å²) in [5, 5.41) is 9.28. The molecule has 0 fully saturated rings. The zero-order valence-corrected chi connectivity index (χ0v) is 10.3. The smallest absolute Gasteiger partial charge is 0.284 e. The summed E-state index contributed by atoms with van der Waals surface area (Å²) in [6, 6.07) is 5.87. The number of carbonyl (C=O) groups is 1. The molecule has 0 radical (unpaired) electrons. The number of hydrogen-bond acceptors (Lipinski definition) is 6. The summed E-state index contributed by atoms with van der Waals surface area (Å²) in [5.74, 6) is -0.210. The first-order chi connectivity index (χ1) is 9.56. The van der Waals surface area contributed by atoms with E-state index in [-0.39, 0.29) is 23.1 Å². The molecule has 2 aliphatic rings. The van der Waals surface area contributed by atoms with Gasteiger partial charge in [-0.05, 0) is 17.7 Å². The van der Waals surface area contributed by atoms with Crippen molar-refractivity contribution in [2.45, 2.75) is 6.04 Å². The molecule has 0 saturated heterocycles. The molecule has 0 aliphatic carbocycles. The number of amides is 1. The number of hydrogen-bond donors (Lipinski definition) is 3. The molecule has 5 N–H and O–H groups in total. The predicted molar refractivity (Wildman–Crippen MR) is 74.6 cm³/mol. The fourth-order valence-electron chi connectivity index (χ4n) is 2.08. The molecule has 100 valence electrons. The Morgan fingerprint density at radius 3 is 2.55 bits per heavy atom. The first-order valence-electron chi connectivity index (χ1n) is 5.86. The number of carbonyl (C=O) groups excluding carboxylic acids is 1. The van der Waals surface area contributed by atoms with Gasteiger partial charge < -0.3 is 16.6 Å². The molecule has 2 heterocycles. The molecular formula is C13H11N5O2. The quantitative estimate of drug-likeness (QED) is 0.699. The molecule has 0 aromatic heterocycles. The minimum absolute atomic E-state index is 0.106. The van der Waals surface area contributed by atoms with Gasteiger partial charge in [-0.2, -0.15) is 9.98 Å². The number of rotatable bonds is 2. The van der Waals surface area contributed by atoms with E-state index in [1.54, 1.807) is 12.1 Å². The fraction of sp³-hybridized carbons (Fsp3) is 0.0769. The maximum atomic E-state index is 11.9. The van der Waals surface area contributed by atoms with Crippen LogP contribution in [0, 0.1) is 0 Å². The van der Waals surface area contributed by atoms with Crippen molar-refractivity contribution in [2.24, 2.45) is 26.4 Å². The van der Waals surface area contributed by atoms with Gasteiger partial charge in [0.2, 0.25) is 5.96 Å². The van der Waals surface area contributed by atoms with Crippen molar-refractivity contribution in [3.8, 4) is 5.75 Å². The number of nitrogens with two attached hydrogens (primary N) is 2. The Morgan fingerprint density at radius 2 is 1.85 bits per heavy atom. The highest BCUT2D eigenvalue weighted by Crippen LogP contribution is 2.28. The highest BCUT2D eigenvalue weighted by Gasteiger charge is 2.31. The van der Waals surface area contributed by atoms with Gasteiger partial charge in [0.25, 0.3) is 5.91 Å². The van der Waals surface area contributed by atoms with Gasteiger partial charge in [-0.25, -0.2) is 4.99 Å². The second-order valence-electron chi connectivity index (χ2n) is 4.37. The number of phenols is 1. The number of phenolic OH excluding ortho intramolecular Hbond substituents is 1. The number of amidine groups is 1. The van der Waals surface area contributed by atoms with Crippen LogP contribution in [-0.4, -0.2) is 29.0 Å². The van der Waals surface area contributed by atoms with Crippen LogP contribution in [0.25, 0.3) is 0 Å². The third kappa shape index (κ3) is 1.90. The van der Waals surface area contributed by atoms with E-state index < -0.39 is 11.9 Å². The molecule has 1 unspecified atom stereocenters. The fourth-order valence-corrected chi connectivity index (χ4v) is 2.08. The molecule has 0 saturated carbocycles. The maximum Gasteiger partial charge on any atom is 0.284 e. The first-order valence-corrected chi connectivity index (χ1v) is 5.86. The average Bonchev–Trinajstić information content (AvgIpc) is 2.82. The maximum absolute atomic E-state index is 11.9. The summed E-state index contributed by atoms with van der Waals surface area (Å²) in [7, 11) is 0. The SMILES string of the molecule is NC1=NC(=O)C2=C(C(N)c3ccc(O)cc3)C=NC2=N1. The largest absolute Gasteiger partial charge is 0.508 e. The third-order valence-corrected chi connectivity index (χ3v) is 3.08. The van der Waals surface area contributed by atoms with Crippen molar-refractivity contribution >= 4 is 23.9 Å². The van der Waals surface area contributed by atoms with E-state index in [0.29, 0.717) is 5.57 Å². The Balaban J connectivity index is 2.03. The lowest BCUT2D eigenvalue weighted by molar-refractivity contribution is -0.114. The second-order valence-corrected chi connectivity index (χ2v) is 4.37. The Kier molecular flexibility index (Phi) is 2.69. The van der Waals surface area contributed by atoms with Crippen molar-refractivity contribution in [2.75, 3.05) is 0 Å². The Morgan fingerprint density at radius 1 is 1.15 bits per heavy atom.